The zero-order chi connectivity index (χ0) is 39.9. The molecule has 4 aliphatic rings. The minimum absolute atomic E-state index is 0.0165. The summed E-state index contributed by atoms with van der Waals surface area (Å²) in [6.07, 6.45) is 3.34. The van der Waals surface area contributed by atoms with E-state index in [1.807, 2.05) is 0 Å². The van der Waals surface area contributed by atoms with Crippen LogP contribution in [0.1, 0.15) is 142 Å². The summed E-state index contributed by atoms with van der Waals surface area (Å²) >= 11 is 0. The molecule has 0 amide bonds. The highest BCUT2D eigenvalue weighted by atomic mass is 15.2. The number of allylic oxidation sites excluding steroid dienone is 1. The predicted octanol–water partition coefficient (Wildman–Crippen LogP) is 13.0. The summed E-state index contributed by atoms with van der Waals surface area (Å²) in [5, 5.41) is 0. The monoisotopic (exact) mass is 736 g/mol. The van der Waals surface area contributed by atoms with E-state index in [0.717, 1.165) is 6.42 Å². The molecule has 2 heterocycles. The minimum Gasteiger partial charge on any atom is -0.315 e. The van der Waals surface area contributed by atoms with Gasteiger partial charge in [-0.05, 0) is 138 Å². The van der Waals surface area contributed by atoms with Crippen LogP contribution in [0.2, 0.25) is 0 Å². The Balaban J connectivity index is 1.36. The Kier molecular flexibility index (Phi) is 7.96. The summed E-state index contributed by atoms with van der Waals surface area (Å²) in [5.41, 5.74) is 22.6. The van der Waals surface area contributed by atoms with Gasteiger partial charge in [-0.3, -0.25) is 0 Å². The van der Waals surface area contributed by atoms with Gasteiger partial charge in [0.15, 0.2) is 0 Å². The lowest BCUT2D eigenvalue weighted by atomic mass is 9.32. The van der Waals surface area contributed by atoms with Crippen molar-refractivity contribution in [1.29, 1.82) is 0 Å². The van der Waals surface area contributed by atoms with E-state index in [9.17, 15) is 0 Å². The van der Waals surface area contributed by atoms with Crippen LogP contribution in [0.5, 0.6) is 0 Å². The highest BCUT2D eigenvalue weighted by Gasteiger charge is 2.48. The van der Waals surface area contributed by atoms with Crippen molar-refractivity contribution >= 4 is 51.5 Å². The van der Waals surface area contributed by atoms with Crippen molar-refractivity contribution in [1.82, 2.24) is 0 Å². The van der Waals surface area contributed by atoms with Crippen molar-refractivity contribution in [3.8, 4) is 0 Å². The normalized spacial score (nSPS) is 18.0. The van der Waals surface area contributed by atoms with Crippen LogP contribution in [-0.4, -0.2) is 6.71 Å². The topological polar surface area (TPSA) is 6.48 Å². The molecule has 0 saturated carbocycles. The number of hydrogen-bond donors (Lipinski definition) is 0. The second-order valence-electron chi connectivity index (χ2n) is 21.8. The van der Waals surface area contributed by atoms with Gasteiger partial charge in [0, 0.05) is 40.6 Å². The highest BCUT2D eigenvalue weighted by Crippen LogP contribution is 2.53. The van der Waals surface area contributed by atoms with Crippen LogP contribution in [-0.2, 0) is 33.5 Å². The van der Waals surface area contributed by atoms with Crippen LogP contribution >= 0.6 is 0 Å². The fraction of sp³-hybridized carbons (Fsp3) is 0.396. The minimum atomic E-state index is 0.0165. The molecule has 0 unspecified atom stereocenters. The zero-order valence-corrected chi connectivity index (χ0v) is 36.3. The Morgan fingerprint density at radius 1 is 0.518 bits per heavy atom. The third-order valence-corrected chi connectivity index (χ3v) is 13.9. The van der Waals surface area contributed by atoms with Crippen molar-refractivity contribution in [3.63, 3.8) is 0 Å². The van der Waals surface area contributed by atoms with Crippen LogP contribution in [0.25, 0.3) is 5.47 Å². The number of hydrogen-bond acceptors (Lipinski definition) is 2. The van der Waals surface area contributed by atoms with Crippen LogP contribution in [0.4, 0.5) is 28.4 Å². The maximum absolute atomic E-state index is 2.68. The van der Waals surface area contributed by atoms with Crippen LogP contribution in [0, 0.1) is 0 Å². The van der Waals surface area contributed by atoms with Crippen molar-refractivity contribution in [2.75, 3.05) is 9.80 Å². The summed E-state index contributed by atoms with van der Waals surface area (Å²) in [4.78, 5) is 5.24. The van der Waals surface area contributed by atoms with Crippen LogP contribution in [0.15, 0.2) is 103 Å². The summed E-state index contributed by atoms with van der Waals surface area (Å²) in [7, 11) is 0. The van der Waals surface area contributed by atoms with Crippen LogP contribution in [0.3, 0.4) is 0 Å². The zero-order valence-electron chi connectivity index (χ0n) is 36.3. The Morgan fingerprint density at radius 2 is 1.07 bits per heavy atom. The lowest BCUT2D eigenvalue weighted by Crippen LogP contribution is -2.55. The standard InChI is InChI=1S/C53H61BN2/c1-49(2,3)34-19-22-37(23-20-34)55-43-26-21-36(51(7,8)9)31-42(43)54-47-39-30-35(50(4,5)6)18-17-33(39)29-46(47)56(45-16-14-15-44(55)48(45)54)38-24-25-40-41(32-38)53(12,13)28-27-52(40,10)11/h14-26,30-32H,27-29H2,1-13H3. The fourth-order valence-electron chi connectivity index (χ4n) is 10.2. The average molecular weight is 737 g/mol. The Labute approximate surface area is 338 Å². The van der Waals surface area contributed by atoms with E-state index in [4.69, 9.17) is 0 Å². The average Bonchev–Trinajstić information content (AvgIpc) is 3.50. The molecule has 9 rings (SSSR count). The molecule has 0 fully saturated rings. The van der Waals surface area contributed by atoms with Gasteiger partial charge in [0.2, 0.25) is 0 Å². The fourth-order valence-corrected chi connectivity index (χ4v) is 10.2. The first-order valence-electron chi connectivity index (χ1n) is 21.2. The lowest BCUT2D eigenvalue weighted by Gasteiger charge is -2.45. The van der Waals surface area contributed by atoms with Gasteiger partial charge in [-0.25, -0.2) is 0 Å². The molecule has 2 aliphatic heterocycles. The molecule has 0 aromatic heterocycles. The molecule has 0 spiro atoms. The SMILES string of the molecule is CC(C)(C)c1ccc(N2c3ccc(C(C)(C)C)cc3B3C4=C(Cc5ccc(C(C)(C)C)cc54)N(c4ccc5c(c4)C(C)(C)CCC5(C)C)c4cccc2c43)cc1. The van der Waals surface area contributed by atoms with Crippen molar-refractivity contribution in [2.24, 2.45) is 0 Å². The molecular formula is C53H61BN2. The number of anilines is 5. The Morgan fingerprint density at radius 3 is 1.71 bits per heavy atom. The van der Waals surface area contributed by atoms with Gasteiger partial charge >= 0.3 is 0 Å². The quantitative estimate of drug-likeness (QED) is 0.167. The third-order valence-electron chi connectivity index (χ3n) is 13.9. The maximum Gasteiger partial charge on any atom is 0.252 e. The molecule has 56 heavy (non-hydrogen) atoms. The van der Waals surface area contributed by atoms with Crippen molar-refractivity contribution in [2.45, 2.75) is 136 Å². The molecule has 2 aliphatic carbocycles. The molecular weight excluding hydrogens is 675 g/mol. The summed E-state index contributed by atoms with van der Waals surface area (Å²) in [6, 6.07) is 38.7. The highest BCUT2D eigenvalue weighted by molar-refractivity contribution is 7.03. The van der Waals surface area contributed by atoms with E-state index in [1.165, 1.54) is 102 Å². The molecule has 2 nitrogen and oxygen atoms in total. The lowest BCUT2D eigenvalue weighted by molar-refractivity contribution is 0.332. The smallest absolute Gasteiger partial charge is 0.252 e. The van der Waals surface area contributed by atoms with Gasteiger partial charge in [0.1, 0.15) is 0 Å². The molecule has 0 N–H and O–H groups in total. The maximum atomic E-state index is 2.68. The van der Waals surface area contributed by atoms with Gasteiger partial charge < -0.3 is 9.80 Å². The van der Waals surface area contributed by atoms with E-state index in [2.05, 4.69) is 197 Å². The van der Waals surface area contributed by atoms with Gasteiger partial charge in [-0.2, -0.15) is 0 Å². The van der Waals surface area contributed by atoms with E-state index in [0.29, 0.717) is 0 Å². The summed E-state index contributed by atoms with van der Waals surface area (Å²) in [5.74, 6) is 0. The number of rotatable bonds is 2. The number of nitrogens with zero attached hydrogens (tertiary/aromatic N) is 2. The first-order valence-corrected chi connectivity index (χ1v) is 21.2. The second-order valence-corrected chi connectivity index (χ2v) is 21.8. The first-order chi connectivity index (χ1) is 26.1. The largest absolute Gasteiger partial charge is 0.315 e. The van der Waals surface area contributed by atoms with Crippen LogP contribution < -0.4 is 20.7 Å². The Hall–Kier alpha value is -4.50. The third kappa shape index (κ3) is 5.66. The van der Waals surface area contributed by atoms with Gasteiger partial charge in [0.25, 0.3) is 6.71 Å². The van der Waals surface area contributed by atoms with E-state index in [1.54, 1.807) is 0 Å². The molecule has 5 aromatic carbocycles. The van der Waals surface area contributed by atoms with Crippen molar-refractivity contribution < 1.29 is 0 Å². The van der Waals surface area contributed by atoms with E-state index in [-0.39, 0.29) is 33.8 Å². The van der Waals surface area contributed by atoms with E-state index < -0.39 is 0 Å². The van der Waals surface area contributed by atoms with Gasteiger partial charge in [0.05, 0.1) is 0 Å². The summed E-state index contributed by atoms with van der Waals surface area (Å²) in [6.45, 7) is 30.9. The Bertz CT molecular complexity index is 2460. The van der Waals surface area contributed by atoms with E-state index >= 15 is 0 Å². The first kappa shape index (κ1) is 37.1. The molecule has 286 valence electrons. The molecule has 0 bridgehead atoms. The van der Waals surface area contributed by atoms with Gasteiger partial charge in [-0.15, -0.1) is 0 Å². The second kappa shape index (κ2) is 12.0. The number of benzene rings is 5. The molecule has 0 radical (unpaired) electrons. The van der Waals surface area contributed by atoms with Crippen molar-refractivity contribution in [3.05, 3.63) is 142 Å². The molecule has 0 atom stereocenters. The number of fused-ring (bicyclic) bond motifs is 6. The molecule has 3 heteroatoms. The predicted molar refractivity (Wildman–Crippen MR) is 243 cm³/mol. The molecule has 0 saturated heterocycles. The van der Waals surface area contributed by atoms with Gasteiger partial charge in [-0.1, -0.05) is 145 Å². The molecule has 5 aromatic rings. The summed E-state index contributed by atoms with van der Waals surface area (Å²) < 4.78 is 0.